The van der Waals surface area contributed by atoms with Gasteiger partial charge in [-0.3, -0.25) is 52.7 Å². The number of methoxy groups -OCH3 is 1. The number of ketones is 3. The van der Waals surface area contributed by atoms with E-state index in [1.54, 1.807) is 73.8 Å². The number of nitrogens with one attached hydrogen (secondary N) is 5. The minimum atomic E-state index is -1.65. The third-order valence-corrected chi connectivity index (χ3v) is 15.2. The van der Waals surface area contributed by atoms with E-state index < -0.39 is 152 Å². The smallest absolute Gasteiger partial charge is 0.303 e. The van der Waals surface area contributed by atoms with E-state index >= 15 is 0 Å². The van der Waals surface area contributed by atoms with Gasteiger partial charge in [-0.05, 0) is 67.0 Å². The highest BCUT2D eigenvalue weighted by Crippen LogP contribution is 2.23. The van der Waals surface area contributed by atoms with Crippen molar-refractivity contribution in [1.29, 1.82) is 0 Å². The number of aromatic hydroxyl groups is 1. The maximum Gasteiger partial charge on any atom is 0.303 e. The van der Waals surface area contributed by atoms with Crippen LogP contribution in [0, 0.1) is 17.8 Å². The number of carboxylic acids is 1. The van der Waals surface area contributed by atoms with Gasteiger partial charge in [0.15, 0.2) is 17.3 Å². The number of Topliss-reactive ketones (excluding diaryl/α,β-unsaturated/α-hetero) is 3. The summed E-state index contributed by atoms with van der Waals surface area (Å²) in [7, 11) is 2.84. The fourth-order valence-corrected chi connectivity index (χ4v) is 10.0. The predicted molar refractivity (Wildman–Crippen MR) is 320 cm³/mol. The lowest BCUT2D eigenvalue weighted by Crippen LogP contribution is -2.52. The van der Waals surface area contributed by atoms with Crippen LogP contribution in [0.4, 0.5) is 0 Å². The Balaban J connectivity index is 1.56. The second-order valence-corrected chi connectivity index (χ2v) is 22.0. The first-order valence-corrected chi connectivity index (χ1v) is 29.8. The number of phenols is 1. The molecule has 87 heavy (non-hydrogen) atoms. The van der Waals surface area contributed by atoms with Crippen LogP contribution in [0.1, 0.15) is 80.8 Å². The number of amides is 7. The first-order valence-electron chi connectivity index (χ1n) is 28.4. The van der Waals surface area contributed by atoms with Crippen LogP contribution in [0.3, 0.4) is 0 Å². The molecule has 7 atom stereocenters. The number of aromatic nitrogens is 2. The van der Waals surface area contributed by atoms with Crippen LogP contribution >= 0.6 is 11.8 Å². The largest absolute Gasteiger partial charge is 0.508 e. The van der Waals surface area contributed by atoms with Crippen molar-refractivity contribution in [3.05, 3.63) is 120 Å². The van der Waals surface area contributed by atoms with Gasteiger partial charge in [-0.1, -0.05) is 72.8 Å². The quantitative estimate of drug-likeness (QED) is 0.0305. The van der Waals surface area contributed by atoms with Gasteiger partial charge in [0, 0.05) is 90.0 Å². The van der Waals surface area contributed by atoms with E-state index in [1.807, 2.05) is 0 Å². The molecule has 1 aromatic heterocycles. The molecule has 0 aliphatic heterocycles. The Bertz CT molecular complexity index is 2900. The third kappa shape index (κ3) is 24.2. The van der Waals surface area contributed by atoms with Gasteiger partial charge in [-0.2, -0.15) is 11.8 Å². The second-order valence-electron chi connectivity index (χ2n) is 21.0. The number of rotatable bonds is 40. The molecule has 4 rings (SSSR count). The van der Waals surface area contributed by atoms with Crippen LogP contribution in [0.5, 0.6) is 5.75 Å². The molecule has 1 heterocycles. The zero-order valence-corrected chi connectivity index (χ0v) is 50.5. The van der Waals surface area contributed by atoms with Crippen molar-refractivity contribution >= 4 is 76.4 Å². The van der Waals surface area contributed by atoms with Crippen molar-refractivity contribution in [3.63, 3.8) is 0 Å². The molecular formula is C61H81N9O16S. The van der Waals surface area contributed by atoms with Gasteiger partial charge >= 0.3 is 5.97 Å². The number of aromatic amines is 1. The molecule has 7 amide bonds. The minimum Gasteiger partial charge on any atom is -0.508 e. The lowest BCUT2D eigenvalue weighted by Gasteiger charge is -2.33. The molecule has 0 fully saturated rings. The standard InChI is InChI=1S/C61H81N9O16S/c1-39(43-14-10-7-11-15-43)70(57(80)35-69(32-42-12-8-6-9-13-42)56(79)34-68(40(2)73)23-24-86-4)33-55(78)65-50(36-71)54(77)29-45(26-41-16-18-48(74)19-17-41)61(85)67-51(37-72)53(76)28-44(22-25-87-5)60(84)66-49(20-21-58(81)82)52(75)30-46(59(83)62-3)27-47-31-63-38-64-47/h6-19,31,38-39,44-46,49-51,71-72,74H,20-30,32-37H2,1-5H3,(H,62,83)(H,63,64)(H,65,78)(H,66,84)(H,67,85)(H,81,82)/t39-,44+,45+,46+,49-,50-,51-/m0/s1. The number of carboxylic acid groups (broad SMARTS) is 1. The van der Waals surface area contributed by atoms with E-state index in [9.17, 15) is 73.2 Å². The summed E-state index contributed by atoms with van der Waals surface area (Å²) in [6.45, 7) is -0.348. The number of thioether (sulfide) groups is 1. The minimum absolute atomic E-state index is 0.0376. The van der Waals surface area contributed by atoms with Gasteiger partial charge in [0.2, 0.25) is 41.4 Å². The Labute approximate surface area is 509 Å². The summed E-state index contributed by atoms with van der Waals surface area (Å²) in [6.07, 6.45) is 2.09. The normalized spacial score (nSPS) is 13.5. The lowest BCUT2D eigenvalue weighted by atomic mass is 9.90. The van der Waals surface area contributed by atoms with E-state index in [1.165, 1.54) is 84.3 Å². The molecular weight excluding hydrogens is 1150 g/mol. The summed E-state index contributed by atoms with van der Waals surface area (Å²) in [5, 5.41) is 50.9. The van der Waals surface area contributed by atoms with Crippen LogP contribution in [-0.4, -0.2) is 200 Å². The van der Waals surface area contributed by atoms with Crippen molar-refractivity contribution in [3.8, 4) is 5.75 Å². The first kappa shape index (κ1) is 71.2. The number of benzene rings is 3. The van der Waals surface area contributed by atoms with Crippen LogP contribution in [0.15, 0.2) is 97.5 Å². The number of carbonyl (C=O) groups excluding carboxylic acids is 10. The number of H-pyrrole nitrogens is 1. The monoisotopic (exact) mass is 1230 g/mol. The fraction of sp³-hybridized carbons (Fsp3) is 0.475. The highest BCUT2D eigenvalue weighted by molar-refractivity contribution is 7.98. The number of phenolic OH excluding ortho intramolecular Hbond substituents is 1. The molecule has 9 N–H and O–H groups in total. The molecule has 0 saturated heterocycles. The number of aliphatic hydroxyl groups excluding tert-OH is 2. The first-order chi connectivity index (χ1) is 41.6. The summed E-state index contributed by atoms with van der Waals surface area (Å²) in [6, 6.07) is 17.7. The molecule has 0 aliphatic carbocycles. The predicted octanol–water partition coefficient (Wildman–Crippen LogP) is 1.54. The Morgan fingerprint density at radius 3 is 1.79 bits per heavy atom. The number of hydrogen-bond acceptors (Lipinski definition) is 17. The molecule has 0 aliphatic rings. The van der Waals surface area contributed by atoms with Crippen molar-refractivity contribution in [1.82, 2.24) is 45.9 Å². The summed E-state index contributed by atoms with van der Waals surface area (Å²) in [5.74, 6) is -11.5. The lowest BCUT2D eigenvalue weighted by molar-refractivity contribution is -0.146. The average molecular weight is 1230 g/mol. The van der Waals surface area contributed by atoms with Crippen LogP contribution in [0.2, 0.25) is 0 Å². The van der Waals surface area contributed by atoms with E-state index in [2.05, 4.69) is 31.2 Å². The maximum absolute atomic E-state index is 14.6. The van der Waals surface area contributed by atoms with Crippen molar-refractivity contribution in [2.75, 3.05) is 72.2 Å². The zero-order chi connectivity index (χ0) is 64.0. The molecule has 0 radical (unpaired) electrons. The van der Waals surface area contributed by atoms with E-state index in [4.69, 9.17) is 4.74 Å². The Morgan fingerprint density at radius 2 is 1.23 bits per heavy atom. The van der Waals surface area contributed by atoms with Gasteiger partial charge in [-0.25, -0.2) is 4.98 Å². The SMILES string of the molecule is CNC(=O)[C@@H](CC(=O)[C@H](CCC(=O)O)NC(=O)[C@H](CCSC)CC(=O)[C@H](CO)NC(=O)[C@@H](CC(=O)[C@H](CO)NC(=O)CN(C(=O)CN(Cc1ccccc1)C(=O)CN(CCOC)C(C)=O)[C@@H](C)c1ccccc1)Cc1ccc(O)cc1)Cc1cnc[nH]1. The number of aliphatic hydroxyl groups is 2. The van der Waals surface area contributed by atoms with Crippen LogP contribution in [-0.2, 0) is 76.9 Å². The van der Waals surface area contributed by atoms with E-state index in [0.717, 1.165) is 0 Å². The number of aliphatic carboxylic acids is 1. The highest BCUT2D eigenvalue weighted by atomic mass is 32.2. The average Bonchev–Trinajstić information content (AvgIpc) is 3.84. The fourth-order valence-electron chi connectivity index (χ4n) is 9.51. The molecule has 0 bridgehead atoms. The van der Waals surface area contributed by atoms with Crippen LogP contribution in [0.25, 0.3) is 0 Å². The topological polar surface area (TPSA) is 364 Å². The molecule has 0 unspecified atom stereocenters. The van der Waals surface area contributed by atoms with Gasteiger partial charge in [0.1, 0.15) is 30.9 Å². The van der Waals surface area contributed by atoms with Crippen molar-refractivity contribution in [2.24, 2.45) is 17.8 Å². The Hall–Kier alpha value is -8.33. The molecule has 0 spiro atoms. The zero-order valence-electron chi connectivity index (χ0n) is 49.7. The van der Waals surface area contributed by atoms with Crippen molar-refractivity contribution < 1.29 is 77.9 Å². The molecule has 3 aromatic carbocycles. The summed E-state index contributed by atoms with van der Waals surface area (Å²) in [5.41, 5.74) is 2.27. The molecule has 472 valence electrons. The third-order valence-electron chi connectivity index (χ3n) is 14.6. The second kappa shape index (κ2) is 37.3. The van der Waals surface area contributed by atoms with Gasteiger partial charge < -0.3 is 66.1 Å². The van der Waals surface area contributed by atoms with Crippen molar-refractivity contribution in [2.45, 2.75) is 95.9 Å². The van der Waals surface area contributed by atoms with E-state index in [0.29, 0.717) is 28.1 Å². The van der Waals surface area contributed by atoms with E-state index in [-0.39, 0.29) is 64.1 Å². The number of carbonyl (C=O) groups is 11. The summed E-state index contributed by atoms with van der Waals surface area (Å²) in [4.78, 5) is 161. The summed E-state index contributed by atoms with van der Waals surface area (Å²) < 4.78 is 5.13. The number of ether oxygens (including phenoxy) is 1. The maximum atomic E-state index is 14.6. The molecule has 0 saturated carbocycles. The molecule has 26 heteroatoms. The Morgan fingerprint density at radius 1 is 0.667 bits per heavy atom. The van der Waals surface area contributed by atoms with Crippen LogP contribution < -0.4 is 21.3 Å². The highest BCUT2D eigenvalue weighted by Gasteiger charge is 2.36. The number of imidazole rings is 1. The van der Waals surface area contributed by atoms with Gasteiger partial charge in [0.25, 0.3) is 0 Å². The number of nitrogens with zero attached hydrogens (tertiary/aromatic N) is 4. The Kier molecular flexibility index (Phi) is 30.5. The summed E-state index contributed by atoms with van der Waals surface area (Å²) >= 11 is 1.34. The number of hydrogen-bond donors (Lipinski definition) is 9. The van der Waals surface area contributed by atoms with Gasteiger partial charge in [0.05, 0.1) is 50.7 Å². The molecule has 25 nitrogen and oxygen atoms in total. The van der Waals surface area contributed by atoms with Gasteiger partial charge in [-0.15, -0.1) is 0 Å². The molecule has 4 aromatic rings.